The third-order valence-electron chi connectivity index (χ3n) is 3.47. The highest BCUT2D eigenvalue weighted by molar-refractivity contribution is 4.82. The Morgan fingerprint density at radius 2 is 2.00 bits per heavy atom. The van der Waals surface area contributed by atoms with Crippen molar-refractivity contribution in [3.05, 3.63) is 0 Å². The van der Waals surface area contributed by atoms with Gasteiger partial charge in [-0.25, -0.2) is 0 Å². The van der Waals surface area contributed by atoms with Gasteiger partial charge in [-0.15, -0.1) is 0 Å². The van der Waals surface area contributed by atoms with Gasteiger partial charge in [0.2, 0.25) is 0 Å². The van der Waals surface area contributed by atoms with E-state index in [1.807, 2.05) is 0 Å². The summed E-state index contributed by atoms with van der Waals surface area (Å²) in [5.74, 6) is 0. The second kappa shape index (κ2) is 7.25. The Labute approximate surface area is 101 Å². The molecule has 1 aliphatic heterocycles. The van der Waals surface area contributed by atoms with Crippen LogP contribution in [0, 0.1) is 0 Å². The number of nitrogens with one attached hydrogen (secondary N) is 1. The van der Waals surface area contributed by atoms with Crippen LogP contribution in [0.15, 0.2) is 0 Å². The molecule has 1 aliphatic rings. The summed E-state index contributed by atoms with van der Waals surface area (Å²) in [5, 5.41) is 3.63. The van der Waals surface area contributed by atoms with Crippen LogP contribution in [-0.2, 0) is 0 Å². The van der Waals surface area contributed by atoms with Crippen LogP contribution in [0.1, 0.15) is 34.1 Å². The molecule has 96 valence electrons. The molecular formula is C13H29N3. The molecule has 1 saturated heterocycles. The summed E-state index contributed by atoms with van der Waals surface area (Å²) in [6.07, 6.45) is 1.32. The Balaban J connectivity index is 2.16. The maximum Gasteiger partial charge on any atom is 0.0209 e. The highest BCUT2D eigenvalue weighted by Gasteiger charge is 2.22. The molecule has 0 amide bonds. The van der Waals surface area contributed by atoms with Gasteiger partial charge in [0.05, 0.1) is 0 Å². The summed E-state index contributed by atoms with van der Waals surface area (Å²) in [5.41, 5.74) is 0. The van der Waals surface area contributed by atoms with Crippen molar-refractivity contribution in [2.75, 3.05) is 39.3 Å². The first-order valence-corrected chi connectivity index (χ1v) is 6.86. The molecule has 0 aliphatic carbocycles. The zero-order chi connectivity index (χ0) is 12.0. The van der Waals surface area contributed by atoms with Gasteiger partial charge in [0.15, 0.2) is 0 Å². The first kappa shape index (κ1) is 13.9. The van der Waals surface area contributed by atoms with E-state index in [4.69, 9.17) is 0 Å². The molecule has 16 heavy (non-hydrogen) atoms. The fraction of sp³-hybridized carbons (Fsp3) is 1.00. The molecule has 1 N–H and O–H groups in total. The van der Waals surface area contributed by atoms with Crippen LogP contribution >= 0.6 is 0 Å². The molecule has 1 unspecified atom stereocenters. The van der Waals surface area contributed by atoms with E-state index >= 15 is 0 Å². The SMILES string of the molecule is CCN(CC)CCN1CCC(NC(C)C)C1. The van der Waals surface area contributed by atoms with Crippen molar-refractivity contribution < 1.29 is 0 Å². The van der Waals surface area contributed by atoms with Gasteiger partial charge in [0, 0.05) is 31.7 Å². The van der Waals surface area contributed by atoms with Crippen molar-refractivity contribution >= 4 is 0 Å². The van der Waals surface area contributed by atoms with Gasteiger partial charge in [-0.05, 0) is 26.1 Å². The van der Waals surface area contributed by atoms with E-state index in [0.29, 0.717) is 6.04 Å². The number of hydrogen-bond acceptors (Lipinski definition) is 3. The normalized spacial score (nSPS) is 22.5. The van der Waals surface area contributed by atoms with Gasteiger partial charge in [-0.3, -0.25) is 0 Å². The smallest absolute Gasteiger partial charge is 0.0209 e. The van der Waals surface area contributed by atoms with Gasteiger partial charge < -0.3 is 15.1 Å². The molecule has 0 aromatic heterocycles. The molecule has 1 fully saturated rings. The molecule has 0 spiro atoms. The van der Waals surface area contributed by atoms with Crippen molar-refractivity contribution in [1.82, 2.24) is 15.1 Å². The molecule has 0 bridgehead atoms. The molecular weight excluding hydrogens is 198 g/mol. The minimum atomic E-state index is 0.618. The quantitative estimate of drug-likeness (QED) is 0.709. The first-order chi connectivity index (χ1) is 7.65. The highest BCUT2D eigenvalue weighted by atomic mass is 15.2. The van der Waals surface area contributed by atoms with Gasteiger partial charge in [-0.2, -0.15) is 0 Å². The third-order valence-corrected chi connectivity index (χ3v) is 3.47. The number of likely N-dealkylation sites (N-methyl/N-ethyl adjacent to an activating group) is 1. The lowest BCUT2D eigenvalue weighted by Crippen LogP contribution is -2.39. The second-order valence-electron chi connectivity index (χ2n) is 5.13. The van der Waals surface area contributed by atoms with Crippen LogP contribution < -0.4 is 5.32 Å². The Bertz CT molecular complexity index is 178. The topological polar surface area (TPSA) is 18.5 Å². The molecule has 3 heteroatoms. The summed E-state index contributed by atoms with van der Waals surface area (Å²) < 4.78 is 0. The summed E-state index contributed by atoms with van der Waals surface area (Å²) in [6, 6.07) is 1.34. The number of rotatable bonds is 7. The molecule has 0 saturated carbocycles. The summed E-state index contributed by atoms with van der Waals surface area (Å²) >= 11 is 0. The number of likely N-dealkylation sites (tertiary alicyclic amines) is 1. The van der Waals surface area contributed by atoms with Crippen LogP contribution in [0.3, 0.4) is 0 Å². The number of nitrogens with zero attached hydrogens (tertiary/aromatic N) is 2. The average Bonchev–Trinajstić information content (AvgIpc) is 2.66. The summed E-state index contributed by atoms with van der Waals surface area (Å²) in [7, 11) is 0. The van der Waals surface area contributed by atoms with Crippen LogP contribution in [0.25, 0.3) is 0 Å². The van der Waals surface area contributed by atoms with Crippen LogP contribution in [0.5, 0.6) is 0 Å². The van der Waals surface area contributed by atoms with E-state index in [9.17, 15) is 0 Å². The van der Waals surface area contributed by atoms with Gasteiger partial charge in [0.25, 0.3) is 0 Å². The molecule has 1 heterocycles. The average molecular weight is 227 g/mol. The number of hydrogen-bond donors (Lipinski definition) is 1. The molecule has 0 aromatic carbocycles. The lowest BCUT2D eigenvalue weighted by molar-refractivity contribution is 0.237. The van der Waals surface area contributed by atoms with Gasteiger partial charge in [-0.1, -0.05) is 27.7 Å². The third kappa shape index (κ3) is 4.81. The van der Waals surface area contributed by atoms with Crippen LogP contribution in [0.2, 0.25) is 0 Å². The van der Waals surface area contributed by atoms with Crippen molar-refractivity contribution in [2.45, 2.75) is 46.2 Å². The maximum absolute atomic E-state index is 3.63. The highest BCUT2D eigenvalue weighted by Crippen LogP contribution is 2.09. The van der Waals surface area contributed by atoms with Crippen molar-refractivity contribution in [2.24, 2.45) is 0 Å². The van der Waals surface area contributed by atoms with E-state index in [1.165, 1.54) is 45.7 Å². The van der Waals surface area contributed by atoms with E-state index in [1.54, 1.807) is 0 Å². The minimum Gasteiger partial charge on any atom is -0.310 e. The van der Waals surface area contributed by atoms with E-state index in [2.05, 4.69) is 42.8 Å². The first-order valence-electron chi connectivity index (χ1n) is 6.86. The Morgan fingerprint density at radius 1 is 1.31 bits per heavy atom. The molecule has 1 atom stereocenters. The minimum absolute atomic E-state index is 0.618. The predicted molar refractivity (Wildman–Crippen MR) is 70.9 cm³/mol. The van der Waals surface area contributed by atoms with E-state index < -0.39 is 0 Å². The zero-order valence-electron chi connectivity index (χ0n) is 11.5. The van der Waals surface area contributed by atoms with Crippen molar-refractivity contribution in [1.29, 1.82) is 0 Å². The molecule has 0 aromatic rings. The Morgan fingerprint density at radius 3 is 2.56 bits per heavy atom. The largest absolute Gasteiger partial charge is 0.310 e. The second-order valence-corrected chi connectivity index (χ2v) is 5.13. The molecule has 1 rings (SSSR count). The Kier molecular flexibility index (Phi) is 6.32. The lowest BCUT2D eigenvalue weighted by Gasteiger charge is -2.23. The van der Waals surface area contributed by atoms with Crippen LogP contribution in [0.4, 0.5) is 0 Å². The Hall–Kier alpha value is -0.120. The van der Waals surface area contributed by atoms with Crippen molar-refractivity contribution in [3.8, 4) is 0 Å². The van der Waals surface area contributed by atoms with Gasteiger partial charge in [0.1, 0.15) is 0 Å². The zero-order valence-corrected chi connectivity index (χ0v) is 11.5. The predicted octanol–water partition coefficient (Wildman–Crippen LogP) is 1.40. The fourth-order valence-electron chi connectivity index (χ4n) is 2.47. The maximum atomic E-state index is 3.63. The lowest BCUT2D eigenvalue weighted by atomic mass is 10.2. The van der Waals surface area contributed by atoms with Crippen LogP contribution in [-0.4, -0.2) is 61.2 Å². The summed E-state index contributed by atoms with van der Waals surface area (Å²) in [4.78, 5) is 5.10. The summed E-state index contributed by atoms with van der Waals surface area (Å²) in [6.45, 7) is 16.3. The van der Waals surface area contributed by atoms with Gasteiger partial charge >= 0.3 is 0 Å². The van der Waals surface area contributed by atoms with E-state index in [0.717, 1.165) is 6.04 Å². The standard InChI is InChI=1S/C13H29N3/c1-5-15(6-2)9-10-16-8-7-13(11-16)14-12(3)4/h12-14H,5-11H2,1-4H3. The molecule has 3 nitrogen and oxygen atoms in total. The monoisotopic (exact) mass is 227 g/mol. The fourth-order valence-corrected chi connectivity index (χ4v) is 2.47. The van der Waals surface area contributed by atoms with Crippen molar-refractivity contribution in [3.63, 3.8) is 0 Å². The molecule has 0 radical (unpaired) electrons. The van der Waals surface area contributed by atoms with E-state index in [-0.39, 0.29) is 0 Å².